The number of aromatic nitrogens is 4. The molecule has 0 amide bonds. The van der Waals surface area contributed by atoms with E-state index in [1.807, 2.05) is 26.8 Å². The lowest BCUT2D eigenvalue weighted by molar-refractivity contribution is -0.156. The maximum Gasteiger partial charge on any atom is 0.306 e. The normalized spacial score (nSPS) is 18.7. The summed E-state index contributed by atoms with van der Waals surface area (Å²) < 4.78 is 5.49. The number of H-pyrrole nitrogens is 1. The predicted octanol–water partition coefficient (Wildman–Crippen LogP) is 4.80. The molecule has 2 aliphatic rings. The Morgan fingerprint density at radius 2 is 2.09 bits per heavy atom. The quantitative estimate of drug-likeness (QED) is 0.541. The zero-order chi connectivity index (χ0) is 22.9. The number of nitrogens with zero attached hydrogens (tertiary/aromatic N) is 4. The maximum atomic E-state index is 12.2. The van der Waals surface area contributed by atoms with Gasteiger partial charge in [0.15, 0.2) is 5.82 Å². The van der Waals surface area contributed by atoms with Crippen molar-refractivity contribution in [2.45, 2.75) is 78.2 Å². The van der Waals surface area contributed by atoms with Crippen molar-refractivity contribution in [1.29, 1.82) is 0 Å². The van der Waals surface area contributed by atoms with Gasteiger partial charge in [-0.05, 0) is 58.4 Å². The van der Waals surface area contributed by atoms with Crippen LogP contribution in [0.15, 0.2) is 18.3 Å². The number of hydrogen-bond acceptors (Lipinski definition) is 7. The lowest BCUT2D eigenvalue weighted by Gasteiger charge is -2.51. The van der Waals surface area contributed by atoms with Gasteiger partial charge in [-0.3, -0.25) is 9.89 Å². The highest BCUT2D eigenvalue weighted by molar-refractivity contribution is 5.70. The van der Waals surface area contributed by atoms with E-state index in [2.05, 4.69) is 45.3 Å². The molecule has 1 aliphatic heterocycles. The van der Waals surface area contributed by atoms with Crippen molar-refractivity contribution in [3.8, 4) is 0 Å². The first-order valence-corrected chi connectivity index (χ1v) is 11.8. The first-order valence-electron chi connectivity index (χ1n) is 11.8. The standard InChI is InChI=1S/C24H36N6O2/c1-6-24(13-16(2)11-21(31)32-23(3,4)5)14-30(15-24)22-25-10-9-19(27-22)26-20-12-18(28-29-20)17-7-8-17/h9-10,12,16-17H,6-8,11,13-15H2,1-5H3,(H2,25,26,27,28,29). The molecule has 2 fully saturated rings. The Kier molecular flexibility index (Phi) is 6.14. The molecule has 1 saturated carbocycles. The summed E-state index contributed by atoms with van der Waals surface area (Å²) in [5.74, 6) is 3.07. The van der Waals surface area contributed by atoms with E-state index >= 15 is 0 Å². The zero-order valence-electron chi connectivity index (χ0n) is 19.9. The molecule has 174 valence electrons. The molecule has 4 rings (SSSR count). The van der Waals surface area contributed by atoms with Gasteiger partial charge >= 0.3 is 5.97 Å². The Morgan fingerprint density at radius 1 is 1.34 bits per heavy atom. The van der Waals surface area contributed by atoms with E-state index in [-0.39, 0.29) is 17.3 Å². The Hall–Kier alpha value is -2.64. The van der Waals surface area contributed by atoms with Gasteiger partial charge < -0.3 is 15.0 Å². The number of hydrogen-bond donors (Lipinski definition) is 2. The van der Waals surface area contributed by atoms with Crippen LogP contribution in [0.3, 0.4) is 0 Å². The summed E-state index contributed by atoms with van der Waals surface area (Å²) in [6.45, 7) is 11.9. The monoisotopic (exact) mass is 440 g/mol. The molecule has 0 radical (unpaired) electrons. The van der Waals surface area contributed by atoms with Crippen molar-refractivity contribution in [2.75, 3.05) is 23.3 Å². The Balaban J connectivity index is 1.31. The summed E-state index contributed by atoms with van der Waals surface area (Å²) in [7, 11) is 0. The minimum Gasteiger partial charge on any atom is -0.460 e. The van der Waals surface area contributed by atoms with Crippen LogP contribution in [0, 0.1) is 11.3 Å². The smallest absolute Gasteiger partial charge is 0.306 e. The zero-order valence-corrected chi connectivity index (χ0v) is 19.9. The summed E-state index contributed by atoms with van der Waals surface area (Å²) in [6.07, 6.45) is 6.79. The van der Waals surface area contributed by atoms with E-state index in [1.54, 1.807) is 6.20 Å². The second-order valence-electron chi connectivity index (χ2n) is 10.7. The van der Waals surface area contributed by atoms with Gasteiger partial charge in [-0.1, -0.05) is 13.8 Å². The number of carbonyl (C=O) groups excluding carboxylic acids is 1. The summed E-state index contributed by atoms with van der Waals surface area (Å²) in [6, 6.07) is 3.93. The van der Waals surface area contributed by atoms with Gasteiger partial charge in [0, 0.05) is 48.8 Å². The molecule has 32 heavy (non-hydrogen) atoms. The number of nitrogens with one attached hydrogen (secondary N) is 2. The van der Waals surface area contributed by atoms with Crippen molar-refractivity contribution in [3.05, 3.63) is 24.0 Å². The molecule has 1 aliphatic carbocycles. The molecule has 1 atom stereocenters. The van der Waals surface area contributed by atoms with Crippen LogP contribution >= 0.6 is 0 Å². The van der Waals surface area contributed by atoms with Crippen LogP contribution < -0.4 is 10.2 Å². The van der Waals surface area contributed by atoms with Crippen molar-refractivity contribution in [2.24, 2.45) is 11.3 Å². The third kappa shape index (κ3) is 5.58. The number of ether oxygens (including phenoxy) is 1. The summed E-state index contributed by atoms with van der Waals surface area (Å²) in [4.78, 5) is 23.6. The highest BCUT2D eigenvalue weighted by Crippen LogP contribution is 2.42. The molecule has 1 unspecified atom stereocenters. The first kappa shape index (κ1) is 22.6. The van der Waals surface area contributed by atoms with Gasteiger partial charge in [-0.15, -0.1) is 0 Å². The second kappa shape index (κ2) is 8.71. The first-order chi connectivity index (χ1) is 15.1. The van der Waals surface area contributed by atoms with E-state index in [0.29, 0.717) is 12.3 Å². The topological polar surface area (TPSA) is 96.0 Å². The molecule has 0 spiro atoms. The number of esters is 1. The number of rotatable bonds is 9. The van der Waals surface area contributed by atoms with Gasteiger partial charge in [0.25, 0.3) is 0 Å². The van der Waals surface area contributed by atoms with Crippen LogP contribution in [0.2, 0.25) is 0 Å². The molecular formula is C24H36N6O2. The summed E-state index contributed by atoms with van der Waals surface area (Å²) in [5.41, 5.74) is 0.950. The van der Waals surface area contributed by atoms with Crippen LogP contribution in [-0.4, -0.2) is 44.8 Å². The van der Waals surface area contributed by atoms with E-state index in [1.165, 1.54) is 18.5 Å². The largest absolute Gasteiger partial charge is 0.460 e. The van der Waals surface area contributed by atoms with Gasteiger partial charge in [0.2, 0.25) is 5.95 Å². The number of carbonyl (C=O) groups is 1. The van der Waals surface area contributed by atoms with Crippen LogP contribution in [0.25, 0.3) is 0 Å². The summed E-state index contributed by atoms with van der Waals surface area (Å²) >= 11 is 0. The van der Waals surface area contributed by atoms with Gasteiger partial charge in [0.1, 0.15) is 11.4 Å². The van der Waals surface area contributed by atoms with E-state index in [9.17, 15) is 4.79 Å². The van der Waals surface area contributed by atoms with Crippen molar-refractivity contribution in [1.82, 2.24) is 20.2 Å². The molecular weight excluding hydrogens is 404 g/mol. The molecule has 2 aromatic rings. The van der Waals surface area contributed by atoms with E-state index in [0.717, 1.165) is 43.5 Å². The molecule has 2 aromatic heterocycles. The maximum absolute atomic E-state index is 12.2. The van der Waals surface area contributed by atoms with Crippen molar-refractivity contribution in [3.63, 3.8) is 0 Å². The molecule has 8 heteroatoms. The highest BCUT2D eigenvalue weighted by atomic mass is 16.6. The predicted molar refractivity (Wildman–Crippen MR) is 125 cm³/mol. The fourth-order valence-corrected chi connectivity index (χ4v) is 4.59. The van der Waals surface area contributed by atoms with Crippen molar-refractivity contribution >= 4 is 23.6 Å². The Morgan fingerprint density at radius 3 is 2.75 bits per heavy atom. The number of anilines is 3. The Bertz CT molecular complexity index is 940. The minimum atomic E-state index is -0.432. The molecule has 0 aromatic carbocycles. The van der Waals surface area contributed by atoms with Gasteiger partial charge in [0.05, 0.1) is 0 Å². The third-order valence-corrected chi connectivity index (χ3v) is 6.32. The van der Waals surface area contributed by atoms with Crippen LogP contribution in [0.5, 0.6) is 0 Å². The molecule has 0 bridgehead atoms. The van der Waals surface area contributed by atoms with E-state index < -0.39 is 5.60 Å². The summed E-state index contributed by atoms with van der Waals surface area (Å²) in [5, 5.41) is 10.7. The third-order valence-electron chi connectivity index (χ3n) is 6.32. The number of aromatic amines is 1. The fraction of sp³-hybridized carbons (Fsp3) is 0.667. The average Bonchev–Trinajstić information content (AvgIpc) is 3.42. The van der Waals surface area contributed by atoms with Crippen LogP contribution in [0.4, 0.5) is 17.6 Å². The molecule has 3 heterocycles. The Labute approximate surface area is 190 Å². The SMILES string of the molecule is CCC1(CC(C)CC(=O)OC(C)(C)C)CN(c2nccc(Nc3cc(C4CC4)[nH]n3)n2)C1. The molecule has 1 saturated heterocycles. The van der Waals surface area contributed by atoms with Gasteiger partial charge in [-0.2, -0.15) is 10.1 Å². The lowest BCUT2D eigenvalue weighted by atomic mass is 9.71. The van der Waals surface area contributed by atoms with Crippen LogP contribution in [-0.2, 0) is 9.53 Å². The minimum absolute atomic E-state index is 0.113. The highest BCUT2D eigenvalue weighted by Gasteiger charge is 2.43. The van der Waals surface area contributed by atoms with E-state index in [4.69, 9.17) is 9.72 Å². The van der Waals surface area contributed by atoms with Crippen molar-refractivity contribution < 1.29 is 9.53 Å². The second-order valence-corrected chi connectivity index (χ2v) is 10.7. The van der Waals surface area contributed by atoms with Gasteiger partial charge in [-0.25, -0.2) is 4.98 Å². The molecule has 8 nitrogen and oxygen atoms in total. The average molecular weight is 441 g/mol. The van der Waals surface area contributed by atoms with Crippen LogP contribution in [0.1, 0.15) is 78.3 Å². The lowest BCUT2D eigenvalue weighted by Crippen LogP contribution is -2.57. The molecule has 2 N–H and O–H groups in total. The fourth-order valence-electron chi connectivity index (χ4n) is 4.59.